The minimum Gasteiger partial charge on any atom is -0.497 e. The number of benzene rings is 1. The molecular weight excluding hydrogens is 617 g/mol. The van der Waals surface area contributed by atoms with Gasteiger partial charge in [0.1, 0.15) is 12.4 Å². The van der Waals surface area contributed by atoms with Crippen LogP contribution in [0.15, 0.2) is 48.8 Å². The summed E-state index contributed by atoms with van der Waals surface area (Å²) in [6.45, 7) is 0.472. The van der Waals surface area contributed by atoms with Crippen molar-refractivity contribution in [3.8, 4) is 23.1 Å². The van der Waals surface area contributed by atoms with Crippen molar-refractivity contribution in [1.82, 2.24) is 9.97 Å². The van der Waals surface area contributed by atoms with Gasteiger partial charge < -0.3 is 18.9 Å². The number of methoxy groups -OCH3 is 3. The third-order valence-corrected chi connectivity index (χ3v) is 5.25. The fourth-order valence-corrected chi connectivity index (χ4v) is 3.30. The number of hydrogen-bond donors (Lipinski definition) is 0. The van der Waals surface area contributed by atoms with E-state index in [0.717, 1.165) is 24.2 Å². The molecule has 0 radical (unpaired) electrons. The summed E-state index contributed by atoms with van der Waals surface area (Å²) >= 11 is 4.17. The maximum atomic E-state index is 12.3. The standard InChI is InChI=1S/C14H14INO3.C6H5FINO.CH4/c1-17-11-5-3-10(4-6-11)9-19-14-7-12(15)13(18-2)8-16-14;1-10-5-3-9-6(7)2-4(5)8;/h3-8H,9H2,1-2H3;2-3H,1H3;1H4. The molecule has 3 rings (SSSR count). The van der Waals surface area contributed by atoms with Gasteiger partial charge in [-0.15, -0.1) is 0 Å². The summed E-state index contributed by atoms with van der Waals surface area (Å²) in [5.41, 5.74) is 1.06. The maximum absolute atomic E-state index is 12.3. The molecule has 0 unspecified atom stereocenters. The predicted molar refractivity (Wildman–Crippen MR) is 131 cm³/mol. The highest BCUT2D eigenvalue weighted by Gasteiger charge is 2.04. The normalized spacial score (nSPS) is 9.53. The third-order valence-electron chi connectivity index (χ3n) is 3.57. The van der Waals surface area contributed by atoms with Crippen molar-refractivity contribution in [3.63, 3.8) is 0 Å². The summed E-state index contributed by atoms with van der Waals surface area (Å²) in [5, 5.41) is 0. The number of aromatic nitrogens is 2. The molecule has 3 aromatic rings. The number of halogens is 3. The monoisotopic (exact) mass is 640 g/mol. The van der Waals surface area contributed by atoms with Crippen LogP contribution >= 0.6 is 45.2 Å². The van der Waals surface area contributed by atoms with E-state index in [1.165, 1.54) is 19.4 Å². The maximum Gasteiger partial charge on any atom is 0.214 e. The SMILES string of the molecule is C.COc1ccc(COc2cc(I)c(OC)cn2)cc1.COc1cnc(F)cc1I. The summed E-state index contributed by atoms with van der Waals surface area (Å²) in [6.07, 6.45) is 3.02. The lowest BCUT2D eigenvalue weighted by molar-refractivity contribution is 0.292. The van der Waals surface area contributed by atoms with Gasteiger partial charge in [0.2, 0.25) is 11.8 Å². The summed E-state index contributed by atoms with van der Waals surface area (Å²) < 4.78 is 34.8. The predicted octanol–water partition coefficient (Wildman–Crippen LogP) is 5.75. The van der Waals surface area contributed by atoms with Gasteiger partial charge in [-0.3, -0.25) is 0 Å². The molecule has 2 aromatic heterocycles. The number of nitrogens with zero attached hydrogens (tertiary/aromatic N) is 2. The quantitative estimate of drug-likeness (QED) is 0.253. The Morgan fingerprint density at radius 3 is 1.90 bits per heavy atom. The fraction of sp³-hybridized carbons (Fsp3) is 0.238. The Morgan fingerprint density at radius 2 is 1.40 bits per heavy atom. The smallest absolute Gasteiger partial charge is 0.214 e. The molecule has 6 nitrogen and oxygen atoms in total. The van der Waals surface area contributed by atoms with Gasteiger partial charge in [-0.05, 0) is 62.9 Å². The van der Waals surface area contributed by atoms with E-state index in [2.05, 4.69) is 32.6 Å². The van der Waals surface area contributed by atoms with Gasteiger partial charge in [0.15, 0.2) is 11.5 Å². The van der Waals surface area contributed by atoms with Crippen LogP contribution in [0.1, 0.15) is 13.0 Å². The summed E-state index contributed by atoms with van der Waals surface area (Å²) in [7, 11) is 4.79. The van der Waals surface area contributed by atoms with Crippen LogP contribution in [0, 0.1) is 13.1 Å². The van der Waals surface area contributed by atoms with Gasteiger partial charge in [0, 0.05) is 12.1 Å². The molecule has 0 aliphatic rings. The highest BCUT2D eigenvalue weighted by molar-refractivity contribution is 14.1. The van der Waals surface area contributed by atoms with Gasteiger partial charge >= 0.3 is 0 Å². The van der Waals surface area contributed by atoms with Crippen LogP contribution in [0.4, 0.5) is 4.39 Å². The second kappa shape index (κ2) is 13.4. The van der Waals surface area contributed by atoms with Crippen LogP contribution in [0.5, 0.6) is 23.1 Å². The van der Waals surface area contributed by atoms with Gasteiger partial charge in [0.05, 0.1) is 40.9 Å². The van der Waals surface area contributed by atoms with Crippen LogP contribution in [0.25, 0.3) is 0 Å². The molecule has 2 heterocycles. The molecule has 162 valence electrons. The molecule has 0 aliphatic carbocycles. The van der Waals surface area contributed by atoms with Gasteiger partial charge in [-0.1, -0.05) is 19.6 Å². The Kier molecular flexibility index (Phi) is 11.7. The molecule has 0 spiro atoms. The Labute approximate surface area is 203 Å². The van der Waals surface area contributed by atoms with Crippen molar-refractivity contribution in [2.75, 3.05) is 21.3 Å². The number of hydrogen-bond acceptors (Lipinski definition) is 6. The second-order valence-corrected chi connectivity index (χ2v) is 7.76. The van der Waals surface area contributed by atoms with E-state index in [0.29, 0.717) is 18.2 Å². The largest absolute Gasteiger partial charge is 0.497 e. The zero-order valence-electron chi connectivity index (χ0n) is 16.0. The lowest BCUT2D eigenvalue weighted by Crippen LogP contribution is -1.98. The first-order valence-electron chi connectivity index (χ1n) is 8.27. The van der Waals surface area contributed by atoms with E-state index in [-0.39, 0.29) is 7.43 Å². The number of ether oxygens (including phenoxy) is 4. The molecule has 0 saturated heterocycles. The summed E-state index contributed by atoms with van der Waals surface area (Å²) in [4.78, 5) is 7.60. The van der Waals surface area contributed by atoms with Gasteiger partial charge in [0.25, 0.3) is 0 Å². The first-order chi connectivity index (χ1) is 14.0. The van der Waals surface area contributed by atoms with Crippen molar-refractivity contribution >= 4 is 45.2 Å². The van der Waals surface area contributed by atoms with E-state index in [4.69, 9.17) is 18.9 Å². The molecule has 0 fully saturated rings. The lowest BCUT2D eigenvalue weighted by Gasteiger charge is -2.08. The van der Waals surface area contributed by atoms with E-state index < -0.39 is 5.95 Å². The molecule has 0 bridgehead atoms. The van der Waals surface area contributed by atoms with Crippen molar-refractivity contribution in [2.45, 2.75) is 14.0 Å². The topological polar surface area (TPSA) is 62.7 Å². The van der Waals surface area contributed by atoms with Crippen molar-refractivity contribution in [2.24, 2.45) is 0 Å². The zero-order chi connectivity index (χ0) is 21.2. The van der Waals surface area contributed by atoms with Crippen LogP contribution in [0.3, 0.4) is 0 Å². The van der Waals surface area contributed by atoms with Gasteiger partial charge in [-0.2, -0.15) is 4.39 Å². The number of pyridine rings is 2. The van der Waals surface area contributed by atoms with E-state index in [9.17, 15) is 4.39 Å². The minimum atomic E-state index is -0.481. The fourth-order valence-electron chi connectivity index (χ4n) is 2.05. The third kappa shape index (κ3) is 8.09. The molecular formula is C21H23FI2N2O4. The van der Waals surface area contributed by atoms with Crippen molar-refractivity contribution in [1.29, 1.82) is 0 Å². The van der Waals surface area contributed by atoms with Crippen LogP contribution in [0.2, 0.25) is 0 Å². The Morgan fingerprint density at radius 1 is 0.833 bits per heavy atom. The molecule has 30 heavy (non-hydrogen) atoms. The van der Waals surface area contributed by atoms with Crippen LogP contribution in [-0.2, 0) is 6.61 Å². The zero-order valence-corrected chi connectivity index (χ0v) is 20.3. The van der Waals surface area contributed by atoms with Crippen LogP contribution in [-0.4, -0.2) is 31.3 Å². The van der Waals surface area contributed by atoms with Crippen molar-refractivity contribution in [3.05, 3.63) is 67.4 Å². The lowest BCUT2D eigenvalue weighted by atomic mass is 10.2. The molecule has 0 atom stereocenters. The molecule has 0 N–H and O–H groups in total. The number of rotatable bonds is 6. The molecule has 0 saturated carbocycles. The van der Waals surface area contributed by atoms with E-state index in [1.807, 2.05) is 52.9 Å². The summed E-state index contributed by atoms with van der Waals surface area (Å²) in [6, 6.07) is 10.9. The highest BCUT2D eigenvalue weighted by Crippen LogP contribution is 2.23. The first-order valence-corrected chi connectivity index (χ1v) is 10.4. The average molecular weight is 640 g/mol. The van der Waals surface area contributed by atoms with Gasteiger partial charge in [-0.25, -0.2) is 9.97 Å². The second-order valence-electron chi connectivity index (χ2n) is 5.44. The van der Waals surface area contributed by atoms with Crippen molar-refractivity contribution < 1.29 is 23.3 Å². The molecule has 0 amide bonds. The molecule has 9 heteroatoms. The van der Waals surface area contributed by atoms with E-state index in [1.54, 1.807) is 20.4 Å². The van der Waals surface area contributed by atoms with E-state index >= 15 is 0 Å². The molecule has 0 aliphatic heterocycles. The Balaban J connectivity index is 0.000000348. The average Bonchev–Trinajstić information content (AvgIpc) is 2.73. The summed E-state index contributed by atoms with van der Waals surface area (Å²) in [5.74, 6) is 2.28. The Bertz CT molecular complexity index is 927. The first kappa shape index (κ1) is 26.1. The Hall–Kier alpha value is -1.89. The molecule has 1 aromatic carbocycles. The van der Waals surface area contributed by atoms with Crippen LogP contribution < -0.4 is 18.9 Å². The highest BCUT2D eigenvalue weighted by atomic mass is 127. The minimum absolute atomic E-state index is 0.